The minimum absolute atomic E-state index is 0. The van der Waals surface area contributed by atoms with Gasteiger partial charge in [-0.1, -0.05) is 12.9 Å². The van der Waals surface area contributed by atoms with Gasteiger partial charge in [0.05, 0.1) is 0 Å². The number of aliphatic hydroxyl groups excluding tert-OH is 2. The molecule has 0 saturated carbocycles. The van der Waals surface area contributed by atoms with Crippen molar-refractivity contribution < 1.29 is 41.5 Å². The molecule has 0 bridgehead atoms. The summed E-state index contributed by atoms with van der Waals surface area (Å²) in [5.74, 6) is 0. The molecule has 0 aliphatic heterocycles. The molecule has 0 rings (SSSR count). The van der Waals surface area contributed by atoms with E-state index in [4.69, 9.17) is 19.8 Å². The second kappa shape index (κ2) is 99.1. The van der Waals surface area contributed by atoms with Crippen molar-refractivity contribution in [1.29, 1.82) is 0 Å². The fourth-order valence-corrected chi connectivity index (χ4v) is 0. The topological polar surface area (TPSA) is 74.6 Å². The van der Waals surface area contributed by atoms with E-state index >= 15 is 0 Å². The van der Waals surface area contributed by atoms with Gasteiger partial charge in [-0.3, -0.25) is 0 Å². The molecule has 13 heavy (non-hydrogen) atoms. The van der Waals surface area contributed by atoms with Crippen LogP contribution in [0.25, 0.3) is 0 Å². The van der Waals surface area contributed by atoms with Gasteiger partial charge in [0.25, 0.3) is 0 Å². The van der Waals surface area contributed by atoms with Crippen LogP contribution in [0.5, 0.6) is 0 Å². The molecular weight excluding hydrogens is 208 g/mol. The first-order chi connectivity index (χ1) is 5.66. The van der Waals surface area contributed by atoms with Gasteiger partial charge in [0.2, 0.25) is 0 Å². The Balaban J connectivity index is -0.0000000213. The van der Waals surface area contributed by atoms with Crippen molar-refractivity contribution >= 4 is 12.9 Å². The summed E-state index contributed by atoms with van der Waals surface area (Å²) < 4.78 is 0. The van der Waals surface area contributed by atoms with Crippen LogP contribution in [-0.4, -0.2) is 23.2 Å². The van der Waals surface area contributed by atoms with Gasteiger partial charge in [-0.15, -0.1) is 0 Å². The van der Waals surface area contributed by atoms with E-state index in [0.717, 1.165) is 0 Å². The van der Waals surface area contributed by atoms with Gasteiger partial charge in [-0.25, -0.2) is 0 Å². The number of hydrogen-bond acceptors (Lipinski definition) is 2. The Labute approximate surface area is 95.2 Å². The van der Waals surface area contributed by atoms with Gasteiger partial charge in [0.1, 0.15) is 0 Å². The van der Waals surface area contributed by atoms with Crippen LogP contribution in [0.3, 0.4) is 0 Å². The molecule has 0 aromatic carbocycles. The van der Waals surface area contributed by atoms with Crippen molar-refractivity contribution in [3.05, 3.63) is 12.8 Å². The first kappa shape index (κ1) is 29.3. The number of hydrogen-bond donors (Lipinski definition) is 2. The summed E-state index contributed by atoms with van der Waals surface area (Å²) in [6, 6.07) is 0. The monoisotopic (exact) mass is 224 g/mol. The zero-order valence-corrected chi connectivity index (χ0v) is 9.93. The third-order valence-electron chi connectivity index (χ3n) is 0. The normalized spacial score (nSPS) is 4.62. The molecular formula is C8H16O4Ti. The first-order valence-corrected chi connectivity index (χ1v) is 3.16. The zero-order valence-electron chi connectivity index (χ0n) is 8.37. The van der Waals surface area contributed by atoms with Gasteiger partial charge < -0.3 is 32.6 Å². The minimum atomic E-state index is 0. The van der Waals surface area contributed by atoms with Crippen molar-refractivity contribution in [2.75, 3.05) is 0 Å². The van der Waals surface area contributed by atoms with Crippen LogP contribution < -0.4 is 0 Å². The summed E-state index contributed by atoms with van der Waals surface area (Å²) in [5, 5.41) is 13.5. The minimum Gasteiger partial charge on any atom is -0.665 e. The summed E-state index contributed by atoms with van der Waals surface area (Å²) in [4.78, 5) is 16.5. The zero-order chi connectivity index (χ0) is 10.8. The third kappa shape index (κ3) is 9090. The van der Waals surface area contributed by atoms with Crippen LogP contribution in [-0.2, 0) is 31.3 Å². The van der Waals surface area contributed by atoms with Crippen molar-refractivity contribution in [2.45, 2.75) is 27.7 Å². The van der Waals surface area contributed by atoms with Crippen LogP contribution in [0.4, 0.5) is 0 Å². The molecule has 2 N–H and O–H groups in total. The predicted molar refractivity (Wildman–Crippen MR) is 47.9 cm³/mol. The molecule has 0 fully saturated rings. The van der Waals surface area contributed by atoms with Gasteiger partial charge in [-0.05, 0) is 0 Å². The Morgan fingerprint density at radius 2 is 0.846 bits per heavy atom. The van der Waals surface area contributed by atoms with Crippen molar-refractivity contribution in [2.24, 2.45) is 0 Å². The van der Waals surface area contributed by atoms with Crippen molar-refractivity contribution in [3.63, 3.8) is 0 Å². The summed E-state index contributed by atoms with van der Waals surface area (Å²) in [6.45, 7) is 9.00. The fraction of sp³-hybridized carbons (Fsp3) is 0.500. The molecule has 0 aliphatic carbocycles. The molecule has 76 valence electrons. The molecule has 0 aromatic heterocycles. The molecule has 0 saturated heterocycles. The van der Waals surface area contributed by atoms with E-state index < -0.39 is 0 Å². The molecule has 4 nitrogen and oxygen atoms in total. The second-order valence-corrected chi connectivity index (χ2v) is 1.34. The smallest absolute Gasteiger partial charge is 0.665 e. The van der Waals surface area contributed by atoms with Crippen LogP contribution in [0, 0.1) is 12.8 Å². The maximum absolute atomic E-state index is 8.24. The Morgan fingerprint density at radius 3 is 0.846 bits per heavy atom. The molecule has 0 heterocycles. The van der Waals surface area contributed by atoms with Gasteiger partial charge in [0, 0.05) is 0 Å². The van der Waals surface area contributed by atoms with E-state index in [9.17, 15) is 0 Å². The van der Waals surface area contributed by atoms with Crippen LogP contribution in [0.1, 0.15) is 27.7 Å². The molecule has 0 unspecified atom stereocenters. The third-order valence-corrected chi connectivity index (χ3v) is 0. The summed E-state index contributed by atoms with van der Waals surface area (Å²) in [7, 11) is 0. The first-order valence-electron chi connectivity index (χ1n) is 3.16. The molecule has 0 amide bonds. The summed E-state index contributed by atoms with van der Waals surface area (Å²) in [5.41, 5.74) is 0. The van der Waals surface area contributed by atoms with Gasteiger partial charge in [0.15, 0.2) is 0 Å². The molecule has 5 heteroatoms. The van der Waals surface area contributed by atoms with E-state index in [2.05, 4.69) is 0 Å². The molecule has 0 atom stereocenters. The van der Waals surface area contributed by atoms with Crippen LogP contribution in [0.2, 0.25) is 0 Å². The van der Waals surface area contributed by atoms with Gasteiger partial charge >= 0.3 is 21.7 Å². The van der Waals surface area contributed by atoms with E-state index in [1.807, 2.05) is 40.5 Å². The SMILES string of the molecule is C[CH-]C.C[CH-]C.O=[C-]O.O=[C-]O.[Ti+4]. The molecule has 0 aromatic rings. The quantitative estimate of drug-likeness (QED) is 0.484. The Morgan fingerprint density at radius 1 is 0.846 bits per heavy atom. The second-order valence-electron chi connectivity index (χ2n) is 1.34. The fourth-order valence-electron chi connectivity index (χ4n) is 0. The van der Waals surface area contributed by atoms with E-state index in [0.29, 0.717) is 12.9 Å². The molecule has 0 aliphatic rings. The van der Waals surface area contributed by atoms with Crippen molar-refractivity contribution in [3.8, 4) is 0 Å². The van der Waals surface area contributed by atoms with Crippen LogP contribution >= 0.6 is 0 Å². The standard InChI is InChI=1S/2C3H7.2CHO2.Ti/c2*1-3-2;2*2-1-3;/h2*3H,1-2H3;2*(H,2,3);/q4*-1;+4. The Bertz CT molecular complexity index is 52.1. The average molecular weight is 224 g/mol. The maximum atomic E-state index is 8.24. The predicted octanol–water partition coefficient (Wildman–Crippen LogP) is 1.68. The van der Waals surface area contributed by atoms with E-state index in [-0.39, 0.29) is 21.7 Å². The maximum Gasteiger partial charge on any atom is 4.00 e. The average Bonchev–Trinajstić information content (AvgIpc) is 1.92. The summed E-state index contributed by atoms with van der Waals surface area (Å²) in [6.07, 6.45) is 4.00. The Hall–Kier alpha value is -0.346. The molecule has 0 radical (unpaired) electrons. The largest absolute Gasteiger partial charge is 4.00 e. The van der Waals surface area contributed by atoms with Gasteiger partial charge in [-0.2, -0.15) is 27.7 Å². The summed E-state index contributed by atoms with van der Waals surface area (Å²) >= 11 is 0. The molecule has 0 spiro atoms. The van der Waals surface area contributed by atoms with Crippen LogP contribution in [0.15, 0.2) is 0 Å². The number of rotatable bonds is 0. The van der Waals surface area contributed by atoms with Crippen molar-refractivity contribution in [1.82, 2.24) is 0 Å². The Kier molecular flexibility index (Phi) is 224. The van der Waals surface area contributed by atoms with E-state index in [1.54, 1.807) is 0 Å². The van der Waals surface area contributed by atoms with E-state index in [1.165, 1.54) is 0 Å².